The van der Waals surface area contributed by atoms with Crippen molar-refractivity contribution in [1.82, 2.24) is 29.6 Å². The summed E-state index contributed by atoms with van der Waals surface area (Å²) in [5.41, 5.74) is 0.634. The molecule has 3 aromatic rings. The Hall–Kier alpha value is -3.01. The third-order valence-electron chi connectivity index (χ3n) is 4.90. The third-order valence-corrected chi connectivity index (χ3v) is 5.78. The van der Waals surface area contributed by atoms with Crippen LogP contribution in [0.25, 0.3) is 0 Å². The van der Waals surface area contributed by atoms with E-state index in [9.17, 15) is 14.0 Å². The molecule has 8 nitrogen and oxygen atoms in total. The van der Waals surface area contributed by atoms with Crippen LogP contribution in [0.2, 0.25) is 0 Å². The van der Waals surface area contributed by atoms with Crippen LogP contribution < -0.4 is 11.0 Å². The summed E-state index contributed by atoms with van der Waals surface area (Å²) in [5, 5.41) is 8.05. The maximum Gasteiger partial charge on any atom is 0.346 e. The largest absolute Gasteiger partial charge is 0.353 e. The van der Waals surface area contributed by atoms with Crippen molar-refractivity contribution in [1.29, 1.82) is 0 Å². The van der Waals surface area contributed by atoms with Gasteiger partial charge in [0, 0.05) is 31.4 Å². The molecule has 0 spiro atoms. The fourth-order valence-corrected chi connectivity index (χ4v) is 4.01. The van der Waals surface area contributed by atoms with Crippen LogP contribution >= 0.6 is 11.8 Å². The molecule has 1 atom stereocenters. The lowest BCUT2D eigenvalue weighted by Gasteiger charge is -2.15. The molecular formula is C20H21FN6O2S. The van der Waals surface area contributed by atoms with Gasteiger partial charge in [0.1, 0.15) is 11.6 Å². The van der Waals surface area contributed by atoms with Gasteiger partial charge in [0.2, 0.25) is 5.91 Å². The number of hydrogen-bond acceptors (Lipinski definition) is 6. The van der Waals surface area contributed by atoms with E-state index < -0.39 is 0 Å². The van der Waals surface area contributed by atoms with Gasteiger partial charge < -0.3 is 5.32 Å². The van der Waals surface area contributed by atoms with E-state index in [1.807, 2.05) is 0 Å². The van der Waals surface area contributed by atoms with Crippen molar-refractivity contribution in [3.63, 3.8) is 0 Å². The van der Waals surface area contributed by atoms with Gasteiger partial charge in [0.15, 0.2) is 5.16 Å². The van der Waals surface area contributed by atoms with Crippen LogP contribution in [0.5, 0.6) is 0 Å². The number of aryl methyl sites for hydroxylation is 1. The van der Waals surface area contributed by atoms with Gasteiger partial charge in [-0.25, -0.2) is 23.8 Å². The molecule has 1 unspecified atom stereocenters. The zero-order valence-electron chi connectivity index (χ0n) is 16.2. The number of thioether (sulfide) groups is 1. The lowest BCUT2D eigenvalue weighted by atomic mass is 10.1. The SMILES string of the molecule is O=C(CSc1ncccn1)NC1CCc2nn(Cc3ccc(F)cc3)c(=O)n2CC1. The maximum absolute atomic E-state index is 13.1. The van der Waals surface area contributed by atoms with Gasteiger partial charge >= 0.3 is 5.69 Å². The monoisotopic (exact) mass is 428 g/mol. The minimum Gasteiger partial charge on any atom is -0.353 e. The van der Waals surface area contributed by atoms with E-state index in [0.29, 0.717) is 43.3 Å². The Morgan fingerprint density at radius 1 is 1.20 bits per heavy atom. The van der Waals surface area contributed by atoms with Crippen LogP contribution in [-0.4, -0.2) is 42.0 Å². The standard InChI is InChI=1S/C20H21FN6O2S/c21-15-4-2-14(3-5-15)12-27-20(29)26-11-8-16(6-7-17(26)25-27)24-18(28)13-30-19-22-9-1-10-23-19/h1-5,9-10,16H,6-8,11-13H2,(H,24,28). The number of carbonyl (C=O) groups is 1. The van der Waals surface area contributed by atoms with Gasteiger partial charge in [0.05, 0.1) is 12.3 Å². The summed E-state index contributed by atoms with van der Waals surface area (Å²) in [6, 6.07) is 7.76. The van der Waals surface area contributed by atoms with Crippen LogP contribution in [0.1, 0.15) is 24.2 Å². The first-order valence-corrected chi connectivity index (χ1v) is 10.7. The van der Waals surface area contributed by atoms with Crippen molar-refractivity contribution in [3.05, 3.63) is 70.4 Å². The van der Waals surface area contributed by atoms with E-state index in [2.05, 4.69) is 20.4 Å². The summed E-state index contributed by atoms with van der Waals surface area (Å²) >= 11 is 1.29. The van der Waals surface area contributed by atoms with Crippen LogP contribution in [-0.2, 0) is 24.3 Å². The van der Waals surface area contributed by atoms with Crippen LogP contribution in [0.3, 0.4) is 0 Å². The number of fused-ring (bicyclic) bond motifs is 1. The van der Waals surface area contributed by atoms with Crippen molar-refractivity contribution < 1.29 is 9.18 Å². The minimum absolute atomic E-state index is 0.0126. The van der Waals surface area contributed by atoms with Gasteiger partial charge in [-0.3, -0.25) is 9.36 Å². The number of carbonyl (C=O) groups excluding carboxylic acids is 1. The summed E-state index contributed by atoms with van der Waals surface area (Å²) < 4.78 is 16.2. The van der Waals surface area contributed by atoms with E-state index in [4.69, 9.17) is 0 Å². The Morgan fingerprint density at radius 2 is 1.97 bits per heavy atom. The first kappa shape index (κ1) is 20.3. The average Bonchev–Trinajstić information content (AvgIpc) is 2.92. The Balaban J connectivity index is 1.33. The van der Waals surface area contributed by atoms with E-state index in [0.717, 1.165) is 5.56 Å². The molecule has 3 heterocycles. The highest BCUT2D eigenvalue weighted by molar-refractivity contribution is 7.99. The number of amides is 1. The molecule has 0 saturated carbocycles. The summed E-state index contributed by atoms with van der Waals surface area (Å²) in [4.78, 5) is 33.1. The molecule has 30 heavy (non-hydrogen) atoms. The molecule has 1 amide bonds. The molecule has 0 radical (unpaired) electrons. The Labute approximate surface area is 176 Å². The topological polar surface area (TPSA) is 94.7 Å². The number of benzene rings is 1. The van der Waals surface area contributed by atoms with Crippen molar-refractivity contribution in [3.8, 4) is 0 Å². The zero-order valence-corrected chi connectivity index (χ0v) is 17.0. The molecule has 0 fully saturated rings. The van der Waals surface area contributed by atoms with Crippen molar-refractivity contribution in [2.45, 2.75) is 43.6 Å². The fraction of sp³-hybridized carbons (Fsp3) is 0.350. The Kier molecular flexibility index (Phi) is 6.22. The molecule has 156 valence electrons. The second kappa shape index (κ2) is 9.21. The molecule has 2 aromatic heterocycles. The lowest BCUT2D eigenvalue weighted by Crippen LogP contribution is -2.37. The smallest absolute Gasteiger partial charge is 0.346 e. The van der Waals surface area contributed by atoms with Crippen LogP contribution in [0.4, 0.5) is 4.39 Å². The summed E-state index contributed by atoms with van der Waals surface area (Å²) in [6.07, 6.45) is 5.26. The molecule has 0 saturated heterocycles. The molecule has 4 rings (SSSR count). The van der Waals surface area contributed by atoms with Gasteiger partial charge in [-0.2, -0.15) is 5.10 Å². The highest BCUT2D eigenvalue weighted by atomic mass is 32.2. The van der Waals surface area contributed by atoms with Crippen molar-refractivity contribution in [2.75, 3.05) is 5.75 Å². The quantitative estimate of drug-likeness (QED) is 0.474. The predicted octanol–water partition coefficient (Wildman–Crippen LogP) is 1.64. The van der Waals surface area contributed by atoms with Crippen molar-refractivity contribution in [2.24, 2.45) is 0 Å². The number of nitrogens with one attached hydrogen (secondary N) is 1. The number of hydrogen-bond donors (Lipinski definition) is 1. The Morgan fingerprint density at radius 3 is 2.73 bits per heavy atom. The molecule has 1 N–H and O–H groups in total. The summed E-state index contributed by atoms with van der Waals surface area (Å²) in [5.74, 6) is 0.571. The zero-order chi connectivity index (χ0) is 20.9. The van der Waals surface area contributed by atoms with Gasteiger partial charge in [-0.1, -0.05) is 23.9 Å². The Bertz CT molecular complexity index is 1070. The molecule has 0 bridgehead atoms. The average molecular weight is 428 g/mol. The number of halogens is 1. The van der Waals surface area contributed by atoms with Crippen LogP contribution in [0.15, 0.2) is 52.7 Å². The summed E-state index contributed by atoms with van der Waals surface area (Å²) in [7, 11) is 0. The number of rotatable bonds is 6. The molecule has 1 aliphatic heterocycles. The fourth-order valence-electron chi connectivity index (χ4n) is 3.40. The van der Waals surface area contributed by atoms with Crippen LogP contribution in [0, 0.1) is 5.82 Å². The lowest BCUT2D eigenvalue weighted by molar-refractivity contribution is -0.119. The first-order valence-electron chi connectivity index (χ1n) is 9.68. The van der Waals surface area contributed by atoms with E-state index in [1.165, 1.54) is 28.6 Å². The van der Waals surface area contributed by atoms with Gasteiger partial charge in [-0.05, 0) is 36.6 Å². The highest BCUT2D eigenvalue weighted by Crippen LogP contribution is 2.14. The first-order chi connectivity index (χ1) is 14.6. The van der Waals surface area contributed by atoms with Gasteiger partial charge in [0.25, 0.3) is 0 Å². The predicted molar refractivity (Wildman–Crippen MR) is 110 cm³/mol. The van der Waals surface area contributed by atoms with Gasteiger partial charge in [-0.15, -0.1) is 0 Å². The molecule has 0 aliphatic carbocycles. The molecule has 1 aliphatic rings. The van der Waals surface area contributed by atoms with Crippen molar-refractivity contribution >= 4 is 17.7 Å². The highest BCUT2D eigenvalue weighted by Gasteiger charge is 2.22. The minimum atomic E-state index is -0.311. The maximum atomic E-state index is 13.1. The third kappa shape index (κ3) is 4.93. The molecular weight excluding hydrogens is 407 g/mol. The van der Waals surface area contributed by atoms with E-state index >= 15 is 0 Å². The second-order valence-corrected chi connectivity index (χ2v) is 7.99. The van der Waals surface area contributed by atoms with E-state index in [-0.39, 0.29) is 29.2 Å². The molecule has 1 aromatic carbocycles. The normalized spacial score (nSPS) is 16.0. The van der Waals surface area contributed by atoms with E-state index in [1.54, 1.807) is 35.2 Å². The number of nitrogens with zero attached hydrogens (tertiary/aromatic N) is 5. The second-order valence-electron chi connectivity index (χ2n) is 7.05. The summed E-state index contributed by atoms with van der Waals surface area (Å²) in [6.45, 7) is 0.801. The molecule has 10 heteroatoms. The number of aromatic nitrogens is 5.